The maximum Gasteiger partial charge on any atom is 0.322 e. The minimum absolute atomic E-state index is 0.132. The largest absolute Gasteiger partial charge is 0.378 e. The van der Waals surface area contributed by atoms with E-state index in [-0.39, 0.29) is 24.0 Å². The number of amides is 3. The number of hydrogen-bond donors (Lipinski definition) is 3. The molecule has 9 nitrogen and oxygen atoms in total. The van der Waals surface area contributed by atoms with E-state index in [0.29, 0.717) is 63.9 Å². The van der Waals surface area contributed by atoms with E-state index in [1.54, 1.807) is 17.0 Å². The molecule has 0 radical (unpaired) electrons. The lowest BCUT2D eigenvalue weighted by atomic mass is 10.1. The SMILES string of the molecule is CC1COCC(C)N1c1ccc(C(=O)NCc2cccc(CN)c2)cc1NC(=O)N1CCOCC1. The van der Waals surface area contributed by atoms with E-state index in [1.807, 2.05) is 30.3 Å². The molecular formula is C26H35N5O4. The van der Waals surface area contributed by atoms with Crippen molar-refractivity contribution in [2.75, 3.05) is 49.7 Å². The molecule has 3 amide bonds. The highest BCUT2D eigenvalue weighted by Crippen LogP contribution is 2.32. The van der Waals surface area contributed by atoms with Crippen molar-refractivity contribution in [3.63, 3.8) is 0 Å². The Balaban J connectivity index is 1.56. The minimum Gasteiger partial charge on any atom is -0.378 e. The number of carbonyl (C=O) groups is 2. The Labute approximate surface area is 206 Å². The molecule has 2 aromatic rings. The Morgan fingerprint density at radius 3 is 2.43 bits per heavy atom. The number of benzene rings is 2. The first kappa shape index (κ1) is 25.0. The summed E-state index contributed by atoms with van der Waals surface area (Å²) in [7, 11) is 0. The normalized spacial score (nSPS) is 20.4. The number of hydrogen-bond acceptors (Lipinski definition) is 6. The molecule has 2 unspecified atom stereocenters. The lowest BCUT2D eigenvalue weighted by Crippen LogP contribution is -2.50. The Hall–Kier alpha value is -3.14. The van der Waals surface area contributed by atoms with Gasteiger partial charge >= 0.3 is 6.03 Å². The lowest BCUT2D eigenvalue weighted by Gasteiger charge is -2.41. The summed E-state index contributed by atoms with van der Waals surface area (Å²) >= 11 is 0. The zero-order chi connectivity index (χ0) is 24.8. The number of carbonyl (C=O) groups excluding carboxylic acids is 2. The molecule has 2 atom stereocenters. The molecule has 2 aliphatic rings. The fourth-order valence-electron chi connectivity index (χ4n) is 4.59. The van der Waals surface area contributed by atoms with Gasteiger partial charge in [-0.2, -0.15) is 0 Å². The molecule has 0 spiro atoms. The van der Waals surface area contributed by atoms with Crippen LogP contribution < -0.4 is 21.3 Å². The molecular weight excluding hydrogens is 446 g/mol. The van der Waals surface area contributed by atoms with Gasteiger partial charge in [-0.3, -0.25) is 4.79 Å². The van der Waals surface area contributed by atoms with Gasteiger partial charge in [0.05, 0.1) is 37.8 Å². The van der Waals surface area contributed by atoms with Crippen molar-refractivity contribution in [2.45, 2.75) is 39.0 Å². The highest BCUT2D eigenvalue weighted by molar-refractivity contribution is 5.99. The van der Waals surface area contributed by atoms with E-state index in [9.17, 15) is 9.59 Å². The van der Waals surface area contributed by atoms with Crippen LogP contribution in [0.5, 0.6) is 0 Å². The zero-order valence-electron chi connectivity index (χ0n) is 20.5. The van der Waals surface area contributed by atoms with Crippen molar-refractivity contribution < 1.29 is 19.1 Å². The number of ether oxygens (including phenoxy) is 2. The maximum absolute atomic E-state index is 13.0. The summed E-state index contributed by atoms with van der Waals surface area (Å²) in [5.41, 5.74) is 9.69. The standard InChI is InChI=1S/C26H35N5O4/c1-18-16-35-17-19(2)31(18)24-7-6-22(13-23(24)29-26(33)30-8-10-34-11-9-30)25(32)28-15-21-5-3-4-20(12-21)14-27/h3-7,12-13,18-19H,8-11,14-17,27H2,1-2H3,(H,28,32)(H,29,33). The van der Waals surface area contributed by atoms with Gasteiger partial charge in [0.25, 0.3) is 5.91 Å². The van der Waals surface area contributed by atoms with E-state index < -0.39 is 0 Å². The molecule has 0 bridgehead atoms. The van der Waals surface area contributed by atoms with E-state index in [1.165, 1.54) is 0 Å². The Morgan fingerprint density at radius 2 is 1.71 bits per heavy atom. The number of rotatable bonds is 6. The van der Waals surface area contributed by atoms with Crippen LogP contribution in [0.15, 0.2) is 42.5 Å². The van der Waals surface area contributed by atoms with Gasteiger partial charge in [0, 0.05) is 43.8 Å². The maximum atomic E-state index is 13.0. The molecule has 0 aliphatic carbocycles. The van der Waals surface area contributed by atoms with Crippen LogP contribution in [-0.4, -0.2) is 68.4 Å². The molecule has 2 aromatic carbocycles. The minimum atomic E-state index is -0.209. The first-order valence-electron chi connectivity index (χ1n) is 12.2. The van der Waals surface area contributed by atoms with E-state index in [2.05, 4.69) is 29.4 Å². The molecule has 2 heterocycles. The van der Waals surface area contributed by atoms with Crippen molar-refractivity contribution in [1.29, 1.82) is 0 Å². The average molecular weight is 482 g/mol. The van der Waals surface area contributed by atoms with E-state index >= 15 is 0 Å². The fourth-order valence-corrected chi connectivity index (χ4v) is 4.59. The van der Waals surface area contributed by atoms with Crippen molar-refractivity contribution in [1.82, 2.24) is 10.2 Å². The zero-order valence-corrected chi connectivity index (χ0v) is 20.5. The predicted molar refractivity (Wildman–Crippen MR) is 136 cm³/mol. The average Bonchev–Trinajstić information content (AvgIpc) is 2.88. The van der Waals surface area contributed by atoms with Crippen LogP contribution in [-0.2, 0) is 22.6 Å². The summed E-state index contributed by atoms with van der Waals surface area (Å²) in [6.45, 7) is 8.35. The van der Waals surface area contributed by atoms with Crippen LogP contribution in [0, 0.1) is 0 Å². The van der Waals surface area contributed by atoms with Crippen molar-refractivity contribution in [3.05, 3.63) is 59.2 Å². The highest BCUT2D eigenvalue weighted by atomic mass is 16.5. The number of nitrogens with two attached hydrogens (primary N) is 1. The third kappa shape index (κ3) is 6.11. The van der Waals surface area contributed by atoms with Gasteiger partial charge in [-0.25, -0.2) is 4.79 Å². The quantitative estimate of drug-likeness (QED) is 0.585. The summed E-state index contributed by atoms with van der Waals surface area (Å²) in [4.78, 5) is 30.0. The molecule has 188 valence electrons. The van der Waals surface area contributed by atoms with Gasteiger partial charge in [-0.05, 0) is 43.2 Å². The molecule has 2 aliphatic heterocycles. The van der Waals surface area contributed by atoms with Crippen molar-refractivity contribution in [3.8, 4) is 0 Å². The summed E-state index contributed by atoms with van der Waals surface area (Å²) < 4.78 is 11.1. The van der Waals surface area contributed by atoms with Crippen molar-refractivity contribution in [2.24, 2.45) is 5.73 Å². The molecule has 4 N–H and O–H groups in total. The number of anilines is 2. The first-order chi connectivity index (χ1) is 17.0. The number of nitrogens with one attached hydrogen (secondary N) is 2. The van der Waals surface area contributed by atoms with Crippen LogP contribution >= 0.6 is 0 Å². The summed E-state index contributed by atoms with van der Waals surface area (Å²) in [5.74, 6) is -0.209. The van der Waals surface area contributed by atoms with Crippen LogP contribution in [0.3, 0.4) is 0 Å². The second-order valence-electron chi connectivity index (χ2n) is 9.11. The topological polar surface area (TPSA) is 109 Å². The van der Waals surface area contributed by atoms with Crippen molar-refractivity contribution >= 4 is 23.3 Å². The van der Waals surface area contributed by atoms with Gasteiger partial charge < -0.3 is 35.6 Å². The first-order valence-corrected chi connectivity index (χ1v) is 12.2. The predicted octanol–water partition coefficient (Wildman–Crippen LogP) is 2.55. The third-order valence-electron chi connectivity index (χ3n) is 6.42. The summed E-state index contributed by atoms with van der Waals surface area (Å²) in [6, 6.07) is 13.4. The molecule has 0 aromatic heterocycles. The lowest BCUT2D eigenvalue weighted by molar-refractivity contribution is 0.0564. The smallest absolute Gasteiger partial charge is 0.322 e. The second-order valence-corrected chi connectivity index (χ2v) is 9.11. The third-order valence-corrected chi connectivity index (χ3v) is 6.42. The Morgan fingerprint density at radius 1 is 1.00 bits per heavy atom. The summed E-state index contributed by atoms with van der Waals surface area (Å²) in [6.07, 6.45) is 0. The second kappa shape index (κ2) is 11.5. The van der Waals surface area contributed by atoms with Crippen LogP contribution in [0.25, 0.3) is 0 Å². The number of morpholine rings is 2. The van der Waals surface area contributed by atoms with Gasteiger partial charge in [-0.1, -0.05) is 24.3 Å². The number of urea groups is 1. The van der Waals surface area contributed by atoms with E-state index in [0.717, 1.165) is 16.8 Å². The monoisotopic (exact) mass is 481 g/mol. The molecule has 35 heavy (non-hydrogen) atoms. The molecule has 0 saturated carbocycles. The number of nitrogens with zero attached hydrogens (tertiary/aromatic N) is 2. The van der Waals surface area contributed by atoms with Crippen LogP contribution in [0.1, 0.15) is 35.3 Å². The van der Waals surface area contributed by atoms with Gasteiger partial charge in [-0.15, -0.1) is 0 Å². The van der Waals surface area contributed by atoms with Gasteiger partial charge in [0.2, 0.25) is 0 Å². The van der Waals surface area contributed by atoms with Crippen LogP contribution in [0.2, 0.25) is 0 Å². The Kier molecular flexibility index (Phi) is 8.22. The van der Waals surface area contributed by atoms with Gasteiger partial charge in [0.15, 0.2) is 0 Å². The van der Waals surface area contributed by atoms with Crippen LogP contribution in [0.4, 0.5) is 16.2 Å². The molecule has 2 fully saturated rings. The summed E-state index contributed by atoms with van der Waals surface area (Å²) in [5, 5.41) is 6.03. The Bertz CT molecular complexity index is 1030. The highest BCUT2D eigenvalue weighted by Gasteiger charge is 2.29. The van der Waals surface area contributed by atoms with Gasteiger partial charge in [0.1, 0.15) is 0 Å². The molecule has 9 heteroatoms. The fraction of sp³-hybridized carbons (Fsp3) is 0.462. The molecule has 2 saturated heterocycles. The van der Waals surface area contributed by atoms with E-state index in [4.69, 9.17) is 15.2 Å². The molecule has 4 rings (SSSR count).